The summed E-state index contributed by atoms with van der Waals surface area (Å²) in [6, 6.07) is 7.89. The molecule has 1 aromatic heterocycles. The van der Waals surface area contributed by atoms with Gasteiger partial charge in [-0.05, 0) is 25.0 Å². The molecule has 5 heteroatoms. The third-order valence-electron chi connectivity index (χ3n) is 3.54. The lowest BCUT2D eigenvalue weighted by atomic mass is 10.3. The summed E-state index contributed by atoms with van der Waals surface area (Å²) in [5.74, 6) is 0.632. The zero-order valence-electron chi connectivity index (χ0n) is 11.0. The number of rotatable bonds is 3. The van der Waals surface area contributed by atoms with E-state index in [-0.39, 0.29) is 12.5 Å². The lowest BCUT2D eigenvalue weighted by Crippen LogP contribution is -2.24. The predicted octanol–water partition coefficient (Wildman–Crippen LogP) is 1.81. The number of anilines is 1. The van der Waals surface area contributed by atoms with Gasteiger partial charge in [0.25, 0.3) is 0 Å². The second-order valence-electron chi connectivity index (χ2n) is 4.76. The van der Waals surface area contributed by atoms with Gasteiger partial charge in [-0.15, -0.1) is 0 Å². The average molecular weight is 259 g/mol. The predicted molar refractivity (Wildman–Crippen MR) is 73.2 cm³/mol. The molecule has 0 radical (unpaired) electrons. The van der Waals surface area contributed by atoms with Gasteiger partial charge in [0.2, 0.25) is 5.95 Å². The highest BCUT2D eigenvalue weighted by Gasteiger charge is 2.21. The molecule has 1 aromatic carbocycles. The van der Waals surface area contributed by atoms with E-state index in [1.165, 1.54) is 20.0 Å². The minimum absolute atomic E-state index is 0.211. The van der Waals surface area contributed by atoms with E-state index in [0.717, 1.165) is 30.1 Å². The van der Waals surface area contributed by atoms with Gasteiger partial charge >= 0.3 is 5.97 Å². The Kier molecular flexibility index (Phi) is 3.11. The smallest absolute Gasteiger partial charge is 0.325 e. The summed E-state index contributed by atoms with van der Waals surface area (Å²) in [7, 11) is 1.41. The number of nitrogens with zero attached hydrogens (tertiary/aromatic N) is 3. The highest BCUT2D eigenvalue weighted by atomic mass is 16.5. The zero-order valence-corrected chi connectivity index (χ0v) is 11.0. The van der Waals surface area contributed by atoms with Crippen LogP contribution in [-0.4, -0.2) is 35.7 Å². The highest BCUT2D eigenvalue weighted by Crippen LogP contribution is 2.25. The molecule has 19 heavy (non-hydrogen) atoms. The SMILES string of the molecule is COC(=O)Cn1c(N2CCCC2)nc2ccccc21. The van der Waals surface area contributed by atoms with Crippen molar-refractivity contribution < 1.29 is 9.53 Å². The van der Waals surface area contributed by atoms with Gasteiger partial charge in [-0.2, -0.15) is 0 Å². The number of methoxy groups -OCH3 is 1. The van der Waals surface area contributed by atoms with Gasteiger partial charge in [0.05, 0.1) is 18.1 Å². The molecule has 0 saturated carbocycles. The van der Waals surface area contributed by atoms with E-state index in [0.29, 0.717) is 0 Å². The molecule has 0 bridgehead atoms. The molecular formula is C14H17N3O2. The van der Waals surface area contributed by atoms with Crippen molar-refractivity contribution >= 4 is 23.0 Å². The van der Waals surface area contributed by atoms with Crippen molar-refractivity contribution in [3.8, 4) is 0 Å². The van der Waals surface area contributed by atoms with E-state index in [9.17, 15) is 4.79 Å². The second kappa shape index (κ2) is 4.91. The van der Waals surface area contributed by atoms with Crippen LogP contribution in [0.25, 0.3) is 11.0 Å². The molecule has 0 atom stereocenters. The Morgan fingerprint density at radius 1 is 1.32 bits per heavy atom. The Morgan fingerprint density at radius 2 is 2.05 bits per heavy atom. The Balaban J connectivity index is 2.07. The van der Waals surface area contributed by atoms with Gasteiger partial charge in [-0.3, -0.25) is 9.36 Å². The summed E-state index contributed by atoms with van der Waals surface area (Å²) >= 11 is 0. The van der Waals surface area contributed by atoms with Crippen molar-refractivity contribution in [3.05, 3.63) is 24.3 Å². The molecule has 0 N–H and O–H groups in total. The maximum Gasteiger partial charge on any atom is 0.325 e. The van der Waals surface area contributed by atoms with Gasteiger partial charge < -0.3 is 9.64 Å². The molecule has 1 fully saturated rings. The van der Waals surface area contributed by atoms with Crippen molar-refractivity contribution in [2.24, 2.45) is 0 Å². The molecule has 1 aliphatic rings. The fourth-order valence-electron chi connectivity index (χ4n) is 2.57. The Labute approximate surface area is 111 Å². The van der Waals surface area contributed by atoms with Crippen molar-refractivity contribution in [2.45, 2.75) is 19.4 Å². The summed E-state index contributed by atoms with van der Waals surface area (Å²) in [6.45, 7) is 2.22. The van der Waals surface area contributed by atoms with Gasteiger partial charge in [-0.25, -0.2) is 4.98 Å². The van der Waals surface area contributed by atoms with E-state index in [1.807, 2.05) is 28.8 Å². The fourth-order valence-corrected chi connectivity index (χ4v) is 2.57. The molecule has 3 rings (SSSR count). The van der Waals surface area contributed by atoms with E-state index in [1.54, 1.807) is 0 Å². The van der Waals surface area contributed by atoms with Crippen LogP contribution < -0.4 is 4.90 Å². The molecule has 5 nitrogen and oxygen atoms in total. The van der Waals surface area contributed by atoms with Crippen molar-refractivity contribution in [1.82, 2.24) is 9.55 Å². The summed E-state index contributed by atoms with van der Waals surface area (Å²) in [6.07, 6.45) is 2.36. The number of imidazole rings is 1. The minimum atomic E-state index is -0.247. The fraction of sp³-hybridized carbons (Fsp3) is 0.429. The van der Waals surface area contributed by atoms with Crippen molar-refractivity contribution in [2.75, 3.05) is 25.1 Å². The van der Waals surface area contributed by atoms with Gasteiger partial charge in [-0.1, -0.05) is 12.1 Å². The molecule has 0 unspecified atom stereocenters. The number of fused-ring (bicyclic) bond motifs is 1. The lowest BCUT2D eigenvalue weighted by Gasteiger charge is -2.17. The third-order valence-corrected chi connectivity index (χ3v) is 3.54. The zero-order chi connectivity index (χ0) is 13.2. The molecule has 0 spiro atoms. The minimum Gasteiger partial charge on any atom is -0.468 e. The molecule has 1 aliphatic heterocycles. The van der Waals surface area contributed by atoms with Crippen LogP contribution in [0.2, 0.25) is 0 Å². The molecule has 0 amide bonds. The van der Waals surface area contributed by atoms with Crippen molar-refractivity contribution in [3.63, 3.8) is 0 Å². The largest absolute Gasteiger partial charge is 0.468 e. The van der Waals surface area contributed by atoms with Gasteiger partial charge in [0.1, 0.15) is 6.54 Å². The van der Waals surface area contributed by atoms with Crippen LogP contribution in [0, 0.1) is 0 Å². The number of benzene rings is 1. The normalized spacial score (nSPS) is 15.1. The maximum absolute atomic E-state index is 11.6. The third kappa shape index (κ3) is 2.16. The summed E-state index contributed by atoms with van der Waals surface area (Å²) < 4.78 is 6.73. The van der Waals surface area contributed by atoms with Gasteiger partial charge in [0.15, 0.2) is 0 Å². The van der Waals surface area contributed by atoms with Crippen LogP contribution in [0.4, 0.5) is 5.95 Å². The van der Waals surface area contributed by atoms with Crippen LogP contribution in [0.3, 0.4) is 0 Å². The van der Waals surface area contributed by atoms with Crippen LogP contribution in [0.5, 0.6) is 0 Å². The van der Waals surface area contributed by atoms with Crippen LogP contribution in [0.1, 0.15) is 12.8 Å². The molecule has 0 aliphatic carbocycles. The van der Waals surface area contributed by atoms with E-state index in [4.69, 9.17) is 4.74 Å². The van der Waals surface area contributed by atoms with Crippen LogP contribution in [-0.2, 0) is 16.1 Å². The molecule has 1 saturated heterocycles. The van der Waals surface area contributed by atoms with E-state index in [2.05, 4.69) is 9.88 Å². The number of carbonyl (C=O) groups is 1. The average Bonchev–Trinajstić information content (AvgIpc) is 3.06. The number of para-hydroxylation sites is 2. The van der Waals surface area contributed by atoms with Crippen molar-refractivity contribution in [1.29, 1.82) is 0 Å². The topological polar surface area (TPSA) is 47.4 Å². The first-order valence-corrected chi connectivity index (χ1v) is 6.56. The number of aromatic nitrogens is 2. The Bertz CT molecular complexity index is 600. The standard InChI is InChI=1S/C14H17N3O2/c1-19-13(18)10-17-12-7-3-2-6-11(12)15-14(17)16-8-4-5-9-16/h2-3,6-7H,4-5,8-10H2,1H3. The lowest BCUT2D eigenvalue weighted by molar-refractivity contribution is -0.141. The summed E-state index contributed by atoms with van der Waals surface area (Å²) in [5.41, 5.74) is 1.91. The first-order valence-electron chi connectivity index (χ1n) is 6.56. The number of carbonyl (C=O) groups excluding carboxylic acids is 1. The highest BCUT2D eigenvalue weighted by molar-refractivity contribution is 5.81. The van der Waals surface area contributed by atoms with Gasteiger partial charge in [0, 0.05) is 13.1 Å². The second-order valence-corrected chi connectivity index (χ2v) is 4.76. The molecule has 2 heterocycles. The number of hydrogen-bond acceptors (Lipinski definition) is 4. The first kappa shape index (κ1) is 12.0. The van der Waals surface area contributed by atoms with E-state index >= 15 is 0 Å². The monoisotopic (exact) mass is 259 g/mol. The number of ether oxygens (including phenoxy) is 1. The molecule has 100 valence electrons. The van der Waals surface area contributed by atoms with Crippen LogP contribution >= 0.6 is 0 Å². The maximum atomic E-state index is 11.6. The molecular weight excluding hydrogens is 242 g/mol. The quantitative estimate of drug-likeness (QED) is 0.789. The van der Waals surface area contributed by atoms with Crippen LogP contribution in [0.15, 0.2) is 24.3 Å². The Morgan fingerprint density at radius 3 is 2.79 bits per heavy atom. The number of hydrogen-bond donors (Lipinski definition) is 0. The number of esters is 1. The molecule has 2 aromatic rings. The Hall–Kier alpha value is -2.04. The summed E-state index contributed by atoms with van der Waals surface area (Å²) in [4.78, 5) is 18.5. The van der Waals surface area contributed by atoms with E-state index < -0.39 is 0 Å². The summed E-state index contributed by atoms with van der Waals surface area (Å²) in [5, 5.41) is 0. The first-order chi connectivity index (χ1) is 9.29.